The van der Waals surface area contributed by atoms with E-state index in [2.05, 4.69) is 85.5 Å². The highest BCUT2D eigenvalue weighted by molar-refractivity contribution is 6.00. The molecule has 0 N–H and O–H groups in total. The summed E-state index contributed by atoms with van der Waals surface area (Å²) in [4.78, 5) is 26.0. The van der Waals surface area contributed by atoms with Crippen molar-refractivity contribution in [2.45, 2.75) is 66.2 Å². The fraction of sp³-hybridized carbons (Fsp3) is 0.371. The van der Waals surface area contributed by atoms with Gasteiger partial charge in [-0.05, 0) is 85.8 Å². The highest BCUT2D eigenvalue weighted by atomic mass is 16.6. The second-order valence-corrected chi connectivity index (χ2v) is 8.87. The number of carbonyl (C=O) groups is 2. The summed E-state index contributed by atoms with van der Waals surface area (Å²) in [6.45, 7) is 7.87. The van der Waals surface area contributed by atoms with E-state index in [1.807, 2.05) is 24.3 Å². The molecule has 0 saturated heterocycles. The van der Waals surface area contributed by atoms with Crippen LogP contribution in [-0.2, 0) is 31.9 Å². The summed E-state index contributed by atoms with van der Waals surface area (Å²) >= 11 is 0. The van der Waals surface area contributed by atoms with Crippen molar-refractivity contribution in [2.75, 3.05) is 13.2 Å². The Morgan fingerprint density at radius 1 is 0.615 bits per heavy atom. The molecule has 0 aliphatic heterocycles. The molecule has 2 aromatic carbocycles. The average molecular weight is 521 g/mol. The van der Waals surface area contributed by atoms with E-state index in [0.717, 1.165) is 36.8 Å². The van der Waals surface area contributed by atoms with Crippen molar-refractivity contribution in [1.29, 1.82) is 0 Å². The highest BCUT2D eigenvalue weighted by Crippen LogP contribution is 2.30. The molecule has 2 rings (SSSR count). The monoisotopic (exact) mass is 520 g/mol. The molecule has 39 heavy (non-hydrogen) atoms. The van der Waals surface area contributed by atoms with Gasteiger partial charge in [0, 0.05) is 24.0 Å². The number of ether oxygens (including phenoxy) is 2. The molecule has 0 aliphatic rings. The first kappa shape index (κ1) is 30.8. The summed E-state index contributed by atoms with van der Waals surface area (Å²) < 4.78 is 10.5. The SMILES string of the molecule is CCCc1ccc(C#CC#CCC(CC#CC#Cc2ccc(CCC)cc2)(C(=O)OCC)C(=O)OCC)cc1. The van der Waals surface area contributed by atoms with Crippen LogP contribution in [0.15, 0.2) is 48.5 Å². The first-order valence-corrected chi connectivity index (χ1v) is 13.5. The molecule has 0 spiro atoms. The predicted octanol–water partition coefficient (Wildman–Crippen LogP) is 5.89. The lowest BCUT2D eigenvalue weighted by atomic mass is 9.81. The van der Waals surface area contributed by atoms with E-state index in [9.17, 15) is 9.59 Å². The molecule has 2 aromatic rings. The standard InChI is InChI=1S/C35H36O4/c1-5-15-29-19-23-31(24-20-29)17-11-9-13-27-35(33(36)38-7-3,34(37)39-8-4)28-14-10-12-18-32-25-21-30(16-6-2)22-26-32/h19-26H,5-8,15-16,27-28H2,1-4H3. The summed E-state index contributed by atoms with van der Waals surface area (Å²) in [6, 6.07) is 16.0. The largest absolute Gasteiger partial charge is 0.465 e. The van der Waals surface area contributed by atoms with E-state index in [1.165, 1.54) is 11.1 Å². The van der Waals surface area contributed by atoms with E-state index in [0.29, 0.717) is 0 Å². The second-order valence-electron chi connectivity index (χ2n) is 8.87. The summed E-state index contributed by atoms with van der Waals surface area (Å²) in [7, 11) is 0. The van der Waals surface area contributed by atoms with Gasteiger partial charge >= 0.3 is 11.9 Å². The summed E-state index contributed by atoms with van der Waals surface area (Å²) in [5, 5.41) is 0. The van der Waals surface area contributed by atoms with Crippen molar-refractivity contribution in [3.8, 4) is 47.4 Å². The van der Waals surface area contributed by atoms with Gasteiger partial charge in [-0.1, -0.05) is 74.6 Å². The van der Waals surface area contributed by atoms with Crippen LogP contribution in [0.5, 0.6) is 0 Å². The smallest absolute Gasteiger partial charge is 0.325 e. The Bertz CT molecular complexity index is 1230. The van der Waals surface area contributed by atoms with Crippen LogP contribution >= 0.6 is 0 Å². The maximum atomic E-state index is 13.0. The minimum absolute atomic E-state index is 0.114. The fourth-order valence-corrected chi connectivity index (χ4v) is 3.75. The summed E-state index contributed by atoms with van der Waals surface area (Å²) in [5.41, 5.74) is 2.53. The molecule has 0 amide bonds. The number of aryl methyl sites for hydroxylation is 2. The van der Waals surface area contributed by atoms with Crippen LogP contribution in [0.25, 0.3) is 0 Å². The molecule has 0 heterocycles. The molecule has 0 atom stereocenters. The van der Waals surface area contributed by atoms with Crippen LogP contribution in [0.3, 0.4) is 0 Å². The third-order valence-corrected chi connectivity index (χ3v) is 5.81. The van der Waals surface area contributed by atoms with Crippen LogP contribution in [0.1, 0.15) is 75.6 Å². The Labute approximate surface area is 233 Å². The maximum Gasteiger partial charge on any atom is 0.325 e. The molecule has 0 bridgehead atoms. The van der Waals surface area contributed by atoms with Gasteiger partial charge in [-0.2, -0.15) is 0 Å². The molecule has 0 aromatic heterocycles. The second kappa shape index (κ2) is 17.2. The molecule has 4 heteroatoms. The van der Waals surface area contributed by atoms with E-state index in [4.69, 9.17) is 9.47 Å². The first-order chi connectivity index (χ1) is 19.0. The average Bonchev–Trinajstić information content (AvgIpc) is 2.94. The lowest BCUT2D eigenvalue weighted by Gasteiger charge is -2.25. The minimum atomic E-state index is -1.68. The molecule has 0 saturated carbocycles. The third kappa shape index (κ3) is 10.1. The molecule has 200 valence electrons. The van der Waals surface area contributed by atoms with Gasteiger partial charge in [0.05, 0.1) is 13.2 Å². The minimum Gasteiger partial charge on any atom is -0.465 e. The van der Waals surface area contributed by atoms with Gasteiger partial charge in [0.25, 0.3) is 0 Å². The Balaban J connectivity index is 2.24. The lowest BCUT2D eigenvalue weighted by Crippen LogP contribution is -2.41. The van der Waals surface area contributed by atoms with Gasteiger partial charge < -0.3 is 9.47 Å². The van der Waals surface area contributed by atoms with Crippen molar-refractivity contribution in [3.05, 3.63) is 70.8 Å². The van der Waals surface area contributed by atoms with Gasteiger partial charge in [-0.15, -0.1) is 0 Å². The molecular weight excluding hydrogens is 484 g/mol. The van der Waals surface area contributed by atoms with Gasteiger partial charge in [-0.3, -0.25) is 9.59 Å². The fourth-order valence-electron chi connectivity index (χ4n) is 3.75. The first-order valence-electron chi connectivity index (χ1n) is 13.5. The molecule has 4 nitrogen and oxygen atoms in total. The highest BCUT2D eigenvalue weighted by Gasteiger charge is 2.48. The predicted molar refractivity (Wildman–Crippen MR) is 155 cm³/mol. The van der Waals surface area contributed by atoms with Gasteiger partial charge in [0.1, 0.15) is 0 Å². The third-order valence-electron chi connectivity index (χ3n) is 5.81. The van der Waals surface area contributed by atoms with Crippen LogP contribution in [0.4, 0.5) is 0 Å². The maximum absolute atomic E-state index is 13.0. The quantitative estimate of drug-likeness (QED) is 0.223. The van der Waals surface area contributed by atoms with Gasteiger partial charge in [-0.25, -0.2) is 0 Å². The number of esters is 2. The number of rotatable bonds is 10. The Hall–Kier alpha value is -4.38. The number of benzene rings is 2. The molecule has 0 aliphatic carbocycles. The number of carbonyl (C=O) groups excluding carboxylic acids is 2. The zero-order chi connectivity index (χ0) is 28.3. The van der Waals surface area contributed by atoms with Crippen LogP contribution in [0, 0.1) is 52.8 Å². The zero-order valence-corrected chi connectivity index (χ0v) is 23.4. The van der Waals surface area contributed by atoms with Crippen molar-refractivity contribution >= 4 is 11.9 Å². The van der Waals surface area contributed by atoms with Crippen LogP contribution < -0.4 is 0 Å². The lowest BCUT2D eigenvalue weighted by molar-refractivity contribution is -0.171. The molecular formula is C35H36O4. The van der Waals surface area contributed by atoms with Crippen molar-refractivity contribution in [2.24, 2.45) is 5.41 Å². The summed E-state index contributed by atoms with van der Waals surface area (Å²) in [6.07, 6.45) is 3.97. The van der Waals surface area contributed by atoms with Gasteiger partial charge in [0.15, 0.2) is 5.41 Å². The Morgan fingerprint density at radius 2 is 1.00 bits per heavy atom. The van der Waals surface area contributed by atoms with Crippen molar-refractivity contribution < 1.29 is 19.1 Å². The molecule has 0 radical (unpaired) electrons. The van der Waals surface area contributed by atoms with Crippen molar-refractivity contribution in [1.82, 2.24) is 0 Å². The van der Waals surface area contributed by atoms with Crippen LogP contribution in [0.2, 0.25) is 0 Å². The van der Waals surface area contributed by atoms with Gasteiger partial charge in [0.2, 0.25) is 0 Å². The number of hydrogen-bond donors (Lipinski definition) is 0. The molecule has 0 unspecified atom stereocenters. The topological polar surface area (TPSA) is 52.6 Å². The molecule has 0 fully saturated rings. The zero-order valence-electron chi connectivity index (χ0n) is 23.4. The van der Waals surface area contributed by atoms with Crippen molar-refractivity contribution in [3.63, 3.8) is 0 Å². The summed E-state index contributed by atoms with van der Waals surface area (Å²) in [5.74, 6) is 21.4. The van der Waals surface area contributed by atoms with E-state index in [-0.39, 0.29) is 26.1 Å². The Kier molecular flexibility index (Phi) is 13.6. The Morgan fingerprint density at radius 3 is 1.33 bits per heavy atom. The van der Waals surface area contributed by atoms with E-state index in [1.54, 1.807) is 13.8 Å². The van der Waals surface area contributed by atoms with E-state index >= 15 is 0 Å². The van der Waals surface area contributed by atoms with E-state index < -0.39 is 17.4 Å². The number of hydrogen-bond acceptors (Lipinski definition) is 4. The normalized spacial score (nSPS) is 9.74. The van der Waals surface area contributed by atoms with Crippen LogP contribution in [-0.4, -0.2) is 25.2 Å².